The van der Waals surface area contributed by atoms with Crippen LogP contribution in [0, 0.1) is 10.8 Å². The highest BCUT2D eigenvalue weighted by Gasteiger charge is 2.22. The van der Waals surface area contributed by atoms with Gasteiger partial charge in [-0.2, -0.15) is 0 Å². The van der Waals surface area contributed by atoms with Gasteiger partial charge in [0.15, 0.2) is 0 Å². The van der Waals surface area contributed by atoms with E-state index in [4.69, 9.17) is 4.74 Å². The van der Waals surface area contributed by atoms with Gasteiger partial charge in [-0.15, -0.1) is 0 Å². The summed E-state index contributed by atoms with van der Waals surface area (Å²) < 4.78 is 5.15. The summed E-state index contributed by atoms with van der Waals surface area (Å²) in [4.78, 5) is 11.4. The standard InChI is InChI=1S/C12H16O2.C11H16/c1-12(2,3)11(13)14-9-10-7-5-4-6-8-10;1-11(2,3)9-10-7-5-4-6-8-10/h4-8H,9H2,1-3H3;4-8H,9H2,1-3H3. The van der Waals surface area contributed by atoms with Crippen molar-refractivity contribution in [2.24, 2.45) is 10.8 Å². The van der Waals surface area contributed by atoms with Crippen molar-refractivity contribution in [3.63, 3.8) is 0 Å². The molecular formula is C23H32O2. The van der Waals surface area contributed by atoms with Crippen LogP contribution in [-0.2, 0) is 22.6 Å². The highest BCUT2D eigenvalue weighted by molar-refractivity contribution is 5.75. The second-order valence-electron chi connectivity index (χ2n) is 8.53. The van der Waals surface area contributed by atoms with Crippen LogP contribution in [0.3, 0.4) is 0 Å². The fourth-order valence-electron chi connectivity index (χ4n) is 2.15. The van der Waals surface area contributed by atoms with Crippen molar-refractivity contribution in [1.82, 2.24) is 0 Å². The Kier molecular flexibility index (Phi) is 7.89. The molecule has 2 nitrogen and oxygen atoms in total. The van der Waals surface area contributed by atoms with E-state index in [0.29, 0.717) is 12.0 Å². The van der Waals surface area contributed by atoms with Crippen LogP contribution in [0.5, 0.6) is 0 Å². The molecule has 2 heteroatoms. The van der Waals surface area contributed by atoms with E-state index < -0.39 is 5.41 Å². The van der Waals surface area contributed by atoms with E-state index in [1.165, 1.54) is 5.56 Å². The van der Waals surface area contributed by atoms with Crippen LogP contribution in [0.25, 0.3) is 0 Å². The maximum absolute atomic E-state index is 11.4. The van der Waals surface area contributed by atoms with Crippen LogP contribution in [-0.4, -0.2) is 5.97 Å². The van der Waals surface area contributed by atoms with Crippen molar-refractivity contribution in [2.45, 2.75) is 54.6 Å². The highest BCUT2D eigenvalue weighted by Crippen LogP contribution is 2.19. The Morgan fingerprint density at radius 3 is 1.60 bits per heavy atom. The van der Waals surface area contributed by atoms with Crippen LogP contribution in [0.2, 0.25) is 0 Å². The van der Waals surface area contributed by atoms with Crippen LogP contribution in [0.1, 0.15) is 52.7 Å². The van der Waals surface area contributed by atoms with Gasteiger partial charge in [0.05, 0.1) is 5.41 Å². The average Bonchev–Trinajstić information content (AvgIpc) is 2.52. The SMILES string of the molecule is CC(C)(C)C(=O)OCc1ccccc1.CC(C)(C)Cc1ccccc1. The van der Waals surface area contributed by atoms with Gasteiger partial charge in [0.2, 0.25) is 0 Å². The largest absolute Gasteiger partial charge is 0.460 e. The minimum atomic E-state index is -0.422. The molecule has 136 valence electrons. The van der Waals surface area contributed by atoms with E-state index in [0.717, 1.165) is 12.0 Å². The highest BCUT2D eigenvalue weighted by atomic mass is 16.5. The lowest BCUT2D eigenvalue weighted by molar-refractivity contribution is -0.154. The maximum Gasteiger partial charge on any atom is 0.311 e. The quantitative estimate of drug-likeness (QED) is 0.636. The zero-order valence-electron chi connectivity index (χ0n) is 16.5. The molecule has 0 atom stereocenters. The van der Waals surface area contributed by atoms with Crippen LogP contribution in [0.4, 0.5) is 0 Å². The molecule has 0 bridgehead atoms. The zero-order chi connectivity index (χ0) is 18.9. The van der Waals surface area contributed by atoms with E-state index in [2.05, 4.69) is 51.1 Å². The molecule has 0 unspecified atom stereocenters. The Labute approximate surface area is 153 Å². The van der Waals surface area contributed by atoms with E-state index in [-0.39, 0.29) is 5.97 Å². The Hall–Kier alpha value is -2.09. The summed E-state index contributed by atoms with van der Waals surface area (Å²) in [7, 11) is 0. The number of ether oxygens (including phenoxy) is 1. The zero-order valence-corrected chi connectivity index (χ0v) is 16.5. The summed E-state index contributed by atoms with van der Waals surface area (Å²) in [6.45, 7) is 12.7. The van der Waals surface area contributed by atoms with E-state index in [1.807, 2.05) is 51.1 Å². The molecule has 0 aromatic heterocycles. The summed E-state index contributed by atoms with van der Waals surface area (Å²) in [6.07, 6.45) is 1.16. The first-order valence-corrected chi connectivity index (χ1v) is 8.83. The van der Waals surface area contributed by atoms with Gasteiger partial charge in [-0.25, -0.2) is 0 Å². The van der Waals surface area contributed by atoms with E-state index >= 15 is 0 Å². The van der Waals surface area contributed by atoms with Crippen molar-refractivity contribution in [2.75, 3.05) is 0 Å². The summed E-state index contributed by atoms with van der Waals surface area (Å²) in [6, 6.07) is 20.3. The lowest BCUT2D eigenvalue weighted by atomic mass is 9.88. The third kappa shape index (κ3) is 9.71. The minimum Gasteiger partial charge on any atom is -0.460 e. The Morgan fingerprint density at radius 2 is 1.20 bits per heavy atom. The first-order chi connectivity index (χ1) is 11.6. The van der Waals surface area contributed by atoms with Gasteiger partial charge in [-0.1, -0.05) is 81.4 Å². The van der Waals surface area contributed by atoms with Gasteiger partial charge in [0.1, 0.15) is 6.61 Å². The number of carbonyl (C=O) groups excluding carboxylic acids is 1. The van der Waals surface area contributed by atoms with Crippen molar-refractivity contribution in [3.8, 4) is 0 Å². The first kappa shape index (κ1) is 21.0. The maximum atomic E-state index is 11.4. The molecule has 0 heterocycles. The number of benzene rings is 2. The van der Waals surface area contributed by atoms with Gasteiger partial charge < -0.3 is 4.74 Å². The molecule has 0 saturated carbocycles. The van der Waals surface area contributed by atoms with Gasteiger partial charge in [0, 0.05) is 0 Å². The second-order valence-corrected chi connectivity index (χ2v) is 8.53. The molecule has 0 aliphatic carbocycles. The molecule has 0 aliphatic heterocycles. The summed E-state index contributed by atoms with van der Waals surface area (Å²) in [5, 5.41) is 0. The predicted octanol–water partition coefficient (Wildman–Crippen LogP) is 6.05. The Morgan fingerprint density at radius 1 is 0.760 bits per heavy atom. The first-order valence-electron chi connectivity index (χ1n) is 8.83. The minimum absolute atomic E-state index is 0.165. The van der Waals surface area contributed by atoms with E-state index in [1.54, 1.807) is 0 Å². The third-order valence-corrected chi connectivity index (χ3v) is 3.40. The molecule has 0 fully saturated rings. The summed E-state index contributed by atoms with van der Waals surface area (Å²) >= 11 is 0. The predicted molar refractivity (Wildman–Crippen MR) is 105 cm³/mol. The number of hydrogen-bond donors (Lipinski definition) is 0. The van der Waals surface area contributed by atoms with Crippen molar-refractivity contribution >= 4 is 5.97 Å². The molecule has 0 radical (unpaired) electrons. The molecule has 2 aromatic carbocycles. The molecule has 0 saturated heterocycles. The van der Waals surface area contributed by atoms with E-state index in [9.17, 15) is 4.79 Å². The van der Waals surface area contributed by atoms with Crippen LogP contribution >= 0.6 is 0 Å². The molecular weight excluding hydrogens is 308 g/mol. The molecule has 0 amide bonds. The number of carbonyl (C=O) groups is 1. The fourth-order valence-corrected chi connectivity index (χ4v) is 2.15. The Balaban J connectivity index is 0.000000257. The smallest absolute Gasteiger partial charge is 0.311 e. The number of esters is 1. The van der Waals surface area contributed by atoms with Gasteiger partial charge in [0.25, 0.3) is 0 Å². The second kappa shape index (κ2) is 9.41. The van der Waals surface area contributed by atoms with Crippen LogP contribution in [0.15, 0.2) is 60.7 Å². The van der Waals surface area contributed by atoms with Crippen molar-refractivity contribution in [3.05, 3.63) is 71.8 Å². The molecule has 25 heavy (non-hydrogen) atoms. The summed E-state index contributed by atoms with van der Waals surface area (Å²) in [5.74, 6) is -0.165. The van der Waals surface area contributed by atoms with Crippen LogP contribution < -0.4 is 0 Å². The molecule has 0 spiro atoms. The average molecular weight is 341 g/mol. The molecule has 0 aliphatic rings. The molecule has 0 N–H and O–H groups in total. The monoisotopic (exact) mass is 340 g/mol. The third-order valence-electron chi connectivity index (χ3n) is 3.40. The summed E-state index contributed by atoms with van der Waals surface area (Å²) in [5.41, 5.74) is 2.43. The normalized spacial score (nSPS) is 11.3. The topological polar surface area (TPSA) is 26.3 Å². The fraction of sp³-hybridized carbons (Fsp3) is 0.435. The van der Waals surface area contributed by atoms with Gasteiger partial charge in [-0.3, -0.25) is 4.79 Å². The van der Waals surface area contributed by atoms with Crippen molar-refractivity contribution < 1.29 is 9.53 Å². The Bertz CT molecular complexity index is 617. The van der Waals surface area contributed by atoms with Gasteiger partial charge >= 0.3 is 5.97 Å². The molecule has 2 aromatic rings. The number of hydrogen-bond acceptors (Lipinski definition) is 2. The lowest BCUT2D eigenvalue weighted by Gasteiger charge is -2.17. The lowest BCUT2D eigenvalue weighted by Crippen LogP contribution is -2.22. The van der Waals surface area contributed by atoms with Gasteiger partial charge in [-0.05, 0) is 43.7 Å². The molecule has 2 rings (SSSR count). The number of rotatable bonds is 3. The van der Waals surface area contributed by atoms with Crippen molar-refractivity contribution in [1.29, 1.82) is 0 Å².